The maximum Gasteiger partial charge on any atom is 0.128 e. The van der Waals surface area contributed by atoms with Crippen molar-refractivity contribution in [1.82, 2.24) is 15.2 Å². The minimum atomic E-state index is 0.678. The van der Waals surface area contributed by atoms with Gasteiger partial charge in [-0.15, -0.1) is 0 Å². The summed E-state index contributed by atoms with van der Waals surface area (Å²) < 4.78 is 0. The zero-order chi connectivity index (χ0) is 15.7. The summed E-state index contributed by atoms with van der Waals surface area (Å²) >= 11 is 0. The van der Waals surface area contributed by atoms with Crippen molar-refractivity contribution in [3.05, 3.63) is 23.9 Å². The van der Waals surface area contributed by atoms with Crippen molar-refractivity contribution < 1.29 is 0 Å². The minimum absolute atomic E-state index is 0.678. The Bertz CT molecular complexity index is 505. The standard InChI is InChI=1S/C19H30N4/c1-16-2-3-18(21-12-16)23-8-4-17(5-9-23)13-22-10-6-19(7-11-22)14-20-15-19/h2-3,12,17,20H,4-11,13-15H2,1H3. The van der Waals surface area contributed by atoms with Gasteiger partial charge in [-0.2, -0.15) is 0 Å². The van der Waals surface area contributed by atoms with Gasteiger partial charge in [0.05, 0.1) is 0 Å². The smallest absolute Gasteiger partial charge is 0.128 e. The maximum atomic E-state index is 4.58. The molecule has 4 nitrogen and oxygen atoms in total. The molecule has 126 valence electrons. The summed E-state index contributed by atoms with van der Waals surface area (Å²) in [4.78, 5) is 9.77. The van der Waals surface area contributed by atoms with Crippen molar-refractivity contribution in [2.45, 2.75) is 32.6 Å². The second-order valence-corrected chi connectivity index (χ2v) is 8.03. The minimum Gasteiger partial charge on any atom is -0.357 e. The van der Waals surface area contributed by atoms with Gasteiger partial charge in [0.15, 0.2) is 0 Å². The highest BCUT2D eigenvalue weighted by molar-refractivity contribution is 5.39. The number of rotatable bonds is 3. The highest BCUT2D eigenvalue weighted by atomic mass is 15.2. The molecule has 0 radical (unpaired) electrons. The third-order valence-electron chi connectivity index (χ3n) is 6.27. The van der Waals surface area contributed by atoms with Gasteiger partial charge >= 0.3 is 0 Å². The Kier molecular flexibility index (Phi) is 4.29. The van der Waals surface area contributed by atoms with Gasteiger partial charge in [0, 0.05) is 38.9 Å². The molecule has 3 aliphatic heterocycles. The maximum absolute atomic E-state index is 4.58. The molecule has 1 N–H and O–H groups in total. The van der Waals surface area contributed by atoms with E-state index >= 15 is 0 Å². The first kappa shape index (κ1) is 15.4. The molecule has 4 rings (SSSR count). The van der Waals surface area contributed by atoms with Crippen LogP contribution in [0.25, 0.3) is 0 Å². The van der Waals surface area contributed by atoms with E-state index < -0.39 is 0 Å². The molecule has 4 heteroatoms. The Hall–Kier alpha value is -1.13. The number of aromatic nitrogens is 1. The van der Waals surface area contributed by atoms with Gasteiger partial charge in [0.1, 0.15) is 5.82 Å². The average molecular weight is 314 g/mol. The Labute approximate surface area is 140 Å². The van der Waals surface area contributed by atoms with E-state index in [1.54, 1.807) is 0 Å². The summed E-state index contributed by atoms with van der Waals surface area (Å²) in [6, 6.07) is 4.35. The van der Waals surface area contributed by atoms with Crippen molar-refractivity contribution >= 4 is 5.82 Å². The monoisotopic (exact) mass is 314 g/mol. The van der Waals surface area contributed by atoms with Crippen LogP contribution >= 0.6 is 0 Å². The summed E-state index contributed by atoms with van der Waals surface area (Å²) in [7, 11) is 0. The number of nitrogens with one attached hydrogen (secondary N) is 1. The first-order chi connectivity index (χ1) is 11.2. The molecular formula is C19H30N4. The third-order valence-corrected chi connectivity index (χ3v) is 6.27. The third kappa shape index (κ3) is 3.38. The van der Waals surface area contributed by atoms with Crippen LogP contribution in [0.2, 0.25) is 0 Å². The van der Waals surface area contributed by atoms with Crippen molar-refractivity contribution in [3.8, 4) is 0 Å². The Morgan fingerprint density at radius 2 is 1.87 bits per heavy atom. The van der Waals surface area contributed by atoms with Gasteiger partial charge in [-0.1, -0.05) is 6.07 Å². The molecule has 3 saturated heterocycles. The molecule has 0 saturated carbocycles. The quantitative estimate of drug-likeness (QED) is 0.927. The summed E-state index contributed by atoms with van der Waals surface area (Å²) in [5.74, 6) is 2.04. The second kappa shape index (κ2) is 6.40. The first-order valence-corrected chi connectivity index (χ1v) is 9.33. The fourth-order valence-corrected chi connectivity index (χ4v) is 4.40. The van der Waals surface area contributed by atoms with Crippen LogP contribution in [0.4, 0.5) is 5.82 Å². The van der Waals surface area contributed by atoms with Gasteiger partial charge in [0.2, 0.25) is 0 Å². The van der Waals surface area contributed by atoms with Crippen LogP contribution < -0.4 is 10.2 Å². The average Bonchev–Trinajstić information content (AvgIpc) is 2.56. The van der Waals surface area contributed by atoms with Gasteiger partial charge < -0.3 is 15.1 Å². The normalized spacial score (nSPS) is 25.5. The SMILES string of the molecule is Cc1ccc(N2CCC(CN3CCC4(CC3)CNC4)CC2)nc1. The van der Waals surface area contributed by atoms with Crippen molar-refractivity contribution in [1.29, 1.82) is 0 Å². The summed E-state index contributed by atoms with van der Waals surface area (Å²) in [6.45, 7) is 10.9. The molecule has 0 atom stereocenters. The van der Waals surface area contributed by atoms with Crippen LogP contribution in [-0.4, -0.2) is 55.7 Å². The fraction of sp³-hybridized carbons (Fsp3) is 0.737. The lowest BCUT2D eigenvalue weighted by molar-refractivity contribution is 0.0463. The number of hydrogen-bond donors (Lipinski definition) is 1. The predicted molar refractivity (Wildman–Crippen MR) is 94.9 cm³/mol. The second-order valence-electron chi connectivity index (χ2n) is 8.03. The highest BCUT2D eigenvalue weighted by Crippen LogP contribution is 2.35. The molecule has 0 unspecified atom stereocenters. The number of pyridine rings is 1. The van der Waals surface area contributed by atoms with E-state index in [4.69, 9.17) is 0 Å². The number of piperidine rings is 2. The van der Waals surface area contributed by atoms with E-state index in [0.717, 1.165) is 11.7 Å². The van der Waals surface area contributed by atoms with Crippen LogP contribution in [0.1, 0.15) is 31.2 Å². The van der Waals surface area contributed by atoms with E-state index in [2.05, 4.69) is 39.2 Å². The van der Waals surface area contributed by atoms with E-state index in [1.807, 2.05) is 6.20 Å². The Morgan fingerprint density at radius 1 is 1.13 bits per heavy atom. The van der Waals surface area contributed by atoms with Gasteiger partial charge in [0.25, 0.3) is 0 Å². The molecule has 3 fully saturated rings. The summed E-state index contributed by atoms with van der Waals surface area (Å²) in [5, 5.41) is 3.46. The molecule has 3 aliphatic rings. The lowest BCUT2D eigenvalue weighted by Crippen LogP contribution is -2.58. The van der Waals surface area contributed by atoms with Crippen LogP contribution in [0.15, 0.2) is 18.3 Å². The lowest BCUT2D eigenvalue weighted by atomic mass is 9.73. The molecule has 0 aromatic carbocycles. The zero-order valence-electron chi connectivity index (χ0n) is 14.4. The number of anilines is 1. The van der Waals surface area contributed by atoms with Crippen LogP contribution in [0.3, 0.4) is 0 Å². The number of hydrogen-bond acceptors (Lipinski definition) is 4. The van der Waals surface area contributed by atoms with Crippen LogP contribution in [0.5, 0.6) is 0 Å². The van der Waals surface area contributed by atoms with Gasteiger partial charge in [-0.3, -0.25) is 0 Å². The van der Waals surface area contributed by atoms with E-state index in [1.165, 1.54) is 77.1 Å². The largest absolute Gasteiger partial charge is 0.357 e. The van der Waals surface area contributed by atoms with E-state index in [9.17, 15) is 0 Å². The Balaban J connectivity index is 1.23. The topological polar surface area (TPSA) is 31.4 Å². The molecule has 4 heterocycles. The van der Waals surface area contributed by atoms with Crippen molar-refractivity contribution in [2.75, 3.05) is 50.7 Å². The fourth-order valence-electron chi connectivity index (χ4n) is 4.40. The molecule has 0 amide bonds. The number of aryl methyl sites for hydroxylation is 1. The number of nitrogens with zero attached hydrogens (tertiary/aromatic N) is 3. The van der Waals surface area contributed by atoms with Crippen molar-refractivity contribution in [2.24, 2.45) is 11.3 Å². The van der Waals surface area contributed by atoms with Crippen LogP contribution in [0, 0.1) is 18.3 Å². The molecule has 1 aromatic heterocycles. The predicted octanol–water partition coefficient (Wildman–Crippen LogP) is 2.29. The van der Waals surface area contributed by atoms with E-state index in [-0.39, 0.29) is 0 Å². The highest BCUT2D eigenvalue weighted by Gasteiger charge is 2.39. The zero-order valence-corrected chi connectivity index (χ0v) is 14.4. The van der Waals surface area contributed by atoms with E-state index in [0.29, 0.717) is 5.41 Å². The summed E-state index contributed by atoms with van der Waals surface area (Å²) in [5.41, 5.74) is 1.92. The molecule has 1 aromatic rings. The molecule has 0 aliphatic carbocycles. The van der Waals surface area contributed by atoms with Gasteiger partial charge in [-0.05, 0) is 68.7 Å². The first-order valence-electron chi connectivity index (χ1n) is 9.33. The van der Waals surface area contributed by atoms with Crippen LogP contribution in [-0.2, 0) is 0 Å². The molecule has 23 heavy (non-hydrogen) atoms. The molecule has 0 bridgehead atoms. The van der Waals surface area contributed by atoms with Crippen molar-refractivity contribution in [3.63, 3.8) is 0 Å². The molecule has 1 spiro atoms. The lowest BCUT2D eigenvalue weighted by Gasteiger charge is -2.49. The molecular weight excluding hydrogens is 284 g/mol. The van der Waals surface area contributed by atoms with Gasteiger partial charge in [-0.25, -0.2) is 4.98 Å². The number of likely N-dealkylation sites (tertiary alicyclic amines) is 1. The Morgan fingerprint density at radius 3 is 2.43 bits per heavy atom. The summed E-state index contributed by atoms with van der Waals surface area (Å²) in [6.07, 6.45) is 7.44.